The Labute approximate surface area is 272 Å². The molecule has 0 spiro atoms. The third-order valence-corrected chi connectivity index (χ3v) is 7.70. The molecule has 0 saturated carbocycles. The highest BCUT2D eigenvalue weighted by Crippen LogP contribution is 2.31. The summed E-state index contributed by atoms with van der Waals surface area (Å²) in [5.74, 6) is -0.394. The Morgan fingerprint density at radius 1 is 0.727 bits per heavy atom. The van der Waals surface area contributed by atoms with E-state index in [4.69, 9.17) is 60.6 Å². The lowest BCUT2D eigenvalue weighted by Crippen LogP contribution is -2.54. The van der Waals surface area contributed by atoms with Crippen LogP contribution in [0.15, 0.2) is 84.4 Å². The van der Waals surface area contributed by atoms with E-state index in [2.05, 4.69) is 5.32 Å². The van der Waals surface area contributed by atoms with Crippen molar-refractivity contribution in [2.24, 2.45) is 0 Å². The predicted octanol–water partition coefficient (Wildman–Crippen LogP) is 8.13. The second-order valence-corrected chi connectivity index (χ2v) is 11.1. The second-order valence-electron chi connectivity index (χ2n) is 9.40. The number of rotatable bonds is 9. The molecule has 1 aliphatic heterocycles. The van der Waals surface area contributed by atoms with Gasteiger partial charge in [0, 0.05) is 42.8 Å². The van der Waals surface area contributed by atoms with Crippen LogP contribution >= 0.6 is 46.4 Å². The summed E-state index contributed by atoms with van der Waals surface area (Å²) in [6, 6.07) is 20.3. The molecule has 44 heavy (non-hydrogen) atoms. The zero-order valence-corrected chi connectivity index (χ0v) is 25.9. The van der Waals surface area contributed by atoms with Gasteiger partial charge in [0.1, 0.15) is 36.0 Å². The third kappa shape index (κ3) is 7.11. The fraction of sp³-hybridized carbons (Fsp3) is 0.0938. The Balaban J connectivity index is 1.37. The lowest BCUT2D eigenvalue weighted by Gasteiger charge is -2.26. The molecular formula is C32H22Cl4N2O6. The van der Waals surface area contributed by atoms with E-state index >= 15 is 0 Å². The van der Waals surface area contributed by atoms with E-state index in [1.54, 1.807) is 66.7 Å². The van der Waals surface area contributed by atoms with Crippen LogP contribution in [-0.2, 0) is 22.8 Å². The Bertz CT molecular complexity index is 1790. The molecule has 1 aliphatic rings. The van der Waals surface area contributed by atoms with Gasteiger partial charge in [-0.05, 0) is 66.7 Å². The number of amides is 4. The number of ether oxygens (including phenoxy) is 3. The Morgan fingerprint density at radius 2 is 1.32 bits per heavy atom. The van der Waals surface area contributed by atoms with Crippen molar-refractivity contribution < 1.29 is 28.6 Å². The van der Waals surface area contributed by atoms with Crippen molar-refractivity contribution in [3.8, 4) is 17.2 Å². The molecule has 0 bridgehead atoms. The van der Waals surface area contributed by atoms with Crippen LogP contribution in [0, 0.1) is 0 Å². The van der Waals surface area contributed by atoms with E-state index in [1.807, 2.05) is 0 Å². The summed E-state index contributed by atoms with van der Waals surface area (Å²) in [6.45, 7) is 0.249. The van der Waals surface area contributed by atoms with Gasteiger partial charge in [0.15, 0.2) is 0 Å². The summed E-state index contributed by atoms with van der Waals surface area (Å²) >= 11 is 24.4. The van der Waals surface area contributed by atoms with Crippen LogP contribution in [0.1, 0.15) is 16.7 Å². The van der Waals surface area contributed by atoms with Crippen LogP contribution < -0.4 is 24.4 Å². The molecule has 5 rings (SSSR count). The minimum atomic E-state index is -0.887. The highest BCUT2D eigenvalue weighted by atomic mass is 35.5. The third-order valence-electron chi connectivity index (χ3n) is 6.52. The number of urea groups is 1. The van der Waals surface area contributed by atoms with Gasteiger partial charge in [-0.25, -0.2) is 9.69 Å². The normalized spacial score (nSPS) is 14.1. The van der Waals surface area contributed by atoms with Crippen molar-refractivity contribution >= 4 is 76.0 Å². The SMILES string of the molecule is COc1ccc(/C=C2\C(=O)NC(=O)N(c3ccc(OCc4ccc(Cl)cc4Cl)cc3)C2=O)c(OCc2ccc(Cl)cc2Cl)c1. The van der Waals surface area contributed by atoms with E-state index in [1.165, 1.54) is 25.3 Å². The maximum Gasteiger partial charge on any atom is 0.335 e. The van der Waals surface area contributed by atoms with Crippen LogP contribution in [0.3, 0.4) is 0 Å². The van der Waals surface area contributed by atoms with Crippen molar-refractivity contribution in [3.05, 3.63) is 121 Å². The number of nitrogens with one attached hydrogen (secondary N) is 1. The number of hydrogen-bond donors (Lipinski definition) is 1. The van der Waals surface area contributed by atoms with Gasteiger partial charge in [-0.15, -0.1) is 0 Å². The average molecular weight is 672 g/mol. The monoisotopic (exact) mass is 670 g/mol. The van der Waals surface area contributed by atoms with Crippen LogP contribution in [0.5, 0.6) is 17.2 Å². The Morgan fingerprint density at radius 3 is 1.91 bits per heavy atom. The number of halogens is 4. The smallest absolute Gasteiger partial charge is 0.335 e. The Hall–Kier alpha value is -4.21. The maximum absolute atomic E-state index is 13.5. The molecule has 0 unspecified atom stereocenters. The lowest BCUT2D eigenvalue weighted by molar-refractivity contribution is -0.122. The molecule has 0 aromatic heterocycles. The van der Waals surface area contributed by atoms with E-state index in [0.29, 0.717) is 48.5 Å². The van der Waals surface area contributed by atoms with Crippen molar-refractivity contribution in [1.82, 2.24) is 5.32 Å². The van der Waals surface area contributed by atoms with Gasteiger partial charge in [-0.1, -0.05) is 58.5 Å². The minimum Gasteiger partial charge on any atom is -0.497 e. The molecule has 1 fully saturated rings. The summed E-state index contributed by atoms with van der Waals surface area (Å²) in [4.78, 5) is 40.0. The van der Waals surface area contributed by atoms with Gasteiger partial charge in [0.25, 0.3) is 11.8 Å². The highest BCUT2D eigenvalue weighted by Gasteiger charge is 2.37. The van der Waals surface area contributed by atoms with Gasteiger partial charge in [0.2, 0.25) is 0 Å². The van der Waals surface area contributed by atoms with E-state index < -0.39 is 17.8 Å². The first kappa shape index (κ1) is 31.2. The highest BCUT2D eigenvalue weighted by molar-refractivity contribution is 6.39. The molecule has 4 aromatic carbocycles. The molecule has 12 heteroatoms. The number of benzene rings is 4. The standard InChI is InChI=1S/C32H22Cl4N2O6/c1-42-25-9-4-18(29(15-25)44-17-20-3-6-22(34)14-28(20)36)12-26-30(39)37-32(41)38(31(26)40)23-7-10-24(11-8-23)43-16-19-2-5-21(33)13-27(19)35/h2-15H,16-17H2,1H3,(H,37,39,41)/b26-12+. The number of nitrogens with zero attached hydrogens (tertiary/aromatic N) is 1. The average Bonchev–Trinajstić information content (AvgIpc) is 2.99. The maximum atomic E-state index is 13.5. The first-order chi connectivity index (χ1) is 21.1. The number of methoxy groups -OCH3 is 1. The molecule has 0 radical (unpaired) electrons. The quantitative estimate of drug-likeness (QED) is 0.143. The molecule has 0 atom stereocenters. The second kappa shape index (κ2) is 13.6. The molecule has 1 N–H and O–H groups in total. The summed E-state index contributed by atoms with van der Waals surface area (Å²) in [5.41, 5.74) is 1.75. The van der Waals surface area contributed by atoms with Crippen LogP contribution in [0.2, 0.25) is 20.1 Å². The molecular weight excluding hydrogens is 650 g/mol. The molecule has 1 heterocycles. The molecule has 4 aromatic rings. The van der Waals surface area contributed by atoms with Gasteiger partial charge >= 0.3 is 6.03 Å². The molecule has 224 valence electrons. The van der Waals surface area contributed by atoms with Crippen LogP contribution in [-0.4, -0.2) is 25.0 Å². The number of barbiturate groups is 1. The van der Waals surface area contributed by atoms with Crippen molar-refractivity contribution in [3.63, 3.8) is 0 Å². The minimum absolute atomic E-state index is 0.0722. The lowest BCUT2D eigenvalue weighted by atomic mass is 10.1. The van der Waals surface area contributed by atoms with E-state index in [0.717, 1.165) is 10.5 Å². The van der Waals surface area contributed by atoms with Gasteiger partial charge in [-0.3, -0.25) is 14.9 Å². The Kier molecular flexibility index (Phi) is 9.66. The zero-order chi connectivity index (χ0) is 31.4. The summed E-state index contributed by atoms with van der Waals surface area (Å²) in [5, 5.41) is 4.10. The fourth-order valence-electron chi connectivity index (χ4n) is 4.22. The molecule has 4 amide bonds. The van der Waals surface area contributed by atoms with Crippen molar-refractivity contribution in [2.45, 2.75) is 13.2 Å². The van der Waals surface area contributed by atoms with E-state index in [-0.39, 0.29) is 24.5 Å². The van der Waals surface area contributed by atoms with Crippen molar-refractivity contribution in [2.75, 3.05) is 12.0 Å². The summed E-state index contributed by atoms with van der Waals surface area (Å²) in [6.07, 6.45) is 1.35. The predicted molar refractivity (Wildman–Crippen MR) is 170 cm³/mol. The molecule has 0 aliphatic carbocycles. The first-order valence-corrected chi connectivity index (χ1v) is 14.5. The first-order valence-electron chi connectivity index (χ1n) is 13.0. The van der Waals surface area contributed by atoms with Crippen LogP contribution in [0.4, 0.5) is 10.5 Å². The topological polar surface area (TPSA) is 94.2 Å². The van der Waals surface area contributed by atoms with E-state index in [9.17, 15) is 14.4 Å². The summed E-state index contributed by atoms with van der Waals surface area (Å²) in [7, 11) is 1.50. The van der Waals surface area contributed by atoms with Crippen LogP contribution in [0.25, 0.3) is 6.08 Å². The van der Waals surface area contributed by atoms with Gasteiger partial charge < -0.3 is 14.2 Å². The van der Waals surface area contributed by atoms with Crippen molar-refractivity contribution in [1.29, 1.82) is 0 Å². The number of imide groups is 2. The molecule has 8 nitrogen and oxygen atoms in total. The largest absolute Gasteiger partial charge is 0.497 e. The zero-order valence-electron chi connectivity index (χ0n) is 22.9. The number of carbonyl (C=O) groups excluding carboxylic acids is 3. The number of anilines is 1. The van der Waals surface area contributed by atoms with Gasteiger partial charge in [-0.2, -0.15) is 0 Å². The number of hydrogen-bond acceptors (Lipinski definition) is 6. The number of carbonyl (C=O) groups is 3. The fourth-order valence-corrected chi connectivity index (χ4v) is 5.14. The van der Waals surface area contributed by atoms with Gasteiger partial charge in [0.05, 0.1) is 12.8 Å². The molecule has 1 saturated heterocycles. The summed E-state index contributed by atoms with van der Waals surface area (Å²) < 4.78 is 17.1.